The standard InChI is InChI=1S/C23H27N3O2S/c1-17-11-13-19(28-4)21-22(17)29-23(24-21)26(16-8-15-25(2)3)20(27)14-12-18-9-6-5-7-10-18/h5-7,9-14H,8,15-16H2,1-4H3/b14-12+. The molecule has 2 aromatic carbocycles. The number of ether oxygens (including phenoxy) is 1. The molecule has 29 heavy (non-hydrogen) atoms. The van der Waals surface area contributed by atoms with Gasteiger partial charge >= 0.3 is 0 Å². The van der Waals surface area contributed by atoms with Crippen LogP contribution in [0, 0.1) is 6.92 Å². The van der Waals surface area contributed by atoms with E-state index in [1.807, 2.05) is 62.6 Å². The number of thiazole rings is 1. The molecule has 0 aliphatic heterocycles. The summed E-state index contributed by atoms with van der Waals surface area (Å²) in [6.45, 7) is 3.56. The lowest BCUT2D eigenvalue weighted by Crippen LogP contribution is -2.32. The average molecular weight is 410 g/mol. The van der Waals surface area contributed by atoms with Gasteiger partial charge in [0, 0.05) is 12.6 Å². The zero-order valence-electron chi connectivity index (χ0n) is 17.4. The molecule has 3 aromatic rings. The quantitative estimate of drug-likeness (QED) is 0.510. The minimum absolute atomic E-state index is 0.0664. The number of amides is 1. The summed E-state index contributed by atoms with van der Waals surface area (Å²) in [5, 5.41) is 0.703. The smallest absolute Gasteiger partial charge is 0.252 e. The molecule has 1 heterocycles. The lowest BCUT2D eigenvalue weighted by atomic mass is 10.2. The van der Waals surface area contributed by atoms with Crippen LogP contribution in [0.1, 0.15) is 17.5 Å². The van der Waals surface area contributed by atoms with Gasteiger partial charge in [-0.25, -0.2) is 4.98 Å². The van der Waals surface area contributed by atoms with Crippen LogP contribution in [0.2, 0.25) is 0 Å². The molecule has 152 valence electrons. The summed E-state index contributed by atoms with van der Waals surface area (Å²) < 4.78 is 6.53. The van der Waals surface area contributed by atoms with Crippen molar-refractivity contribution in [2.24, 2.45) is 0 Å². The summed E-state index contributed by atoms with van der Waals surface area (Å²) in [4.78, 5) is 21.7. The van der Waals surface area contributed by atoms with Gasteiger partial charge in [0.25, 0.3) is 5.91 Å². The van der Waals surface area contributed by atoms with Crippen molar-refractivity contribution in [3.63, 3.8) is 0 Å². The van der Waals surface area contributed by atoms with Crippen LogP contribution in [0.25, 0.3) is 16.3 Å². The largest absolute Gasteiger partial charge is 0.494 e. The zero-order chi connectivity index (χ0) is 20.8. The Bertz CT molecular complexity index is 996. The highest BCUT2D eigenvalue weighted by atomic mass is 32.1. The Labute approximate surface area is 176 Å². The first-order chi connectivity index (χ1) is 14.0. The fourth-order valence-corrected chi connectivity index (χ4v) is 4.13. The molecule has 0 aliphatic rings. The number of nitrogens with zero attached hydrogens (tertiary/aromatic N) is 3. The molecule has 0 saturated heterocycles. The van der Waals surface area contributed by atoms with Crippen LogP contribution < -0.4 is 9.64 Å². The maximum absolute atomic E-state index is 13.1. The Kier molecular flexibility index (Phi) is 7.01. The number of aromatic nitrogens is 1. The van der Waals surface area contributed by atoms with E-state index in [9.17, 15) is 4.79 Å². The van der Waals surface area contributed by atoms with E-state index in [1.54, 1.807) is 18.1 Å². The van der Waals surface area contributed by atoms with Crippen molar-refractivity contribution in [2.45, 2.75) is 13.3 Å². The van der Waals surface area contributed by atoms with Crippen LogP contribution in [-0.4, -0.2) is 50.1 Å². The highest BCUT2D eigenvalue weighted by Crippen LogP contribution is 2.36. The van der Waals surface area contributed by atoms with Gasteiger partial charge in [-0.1, -0.05) is 47.7 Å². The molecule has 1 amide bonds. The van der Waals surface area contributed by atoms with Gasteiger partial charge in [0.15, 0.2) is 5.13 Å². The summed E-state index contributed by atoms with van der Waals surface area (Å²) in [5.41, 5.74) is 2.94. The Hall–Kier alpha value is -2.70. The lowest BCUT2D eigenvalue weighted by Gasteiger charge is -2.19. The van der Waals surface area contributed by atoms with Crippen LogP contribution in [0.4, 0.5) is 5.13 Å². The fraction of sp³-hybridized carbons (Fsp3) is 0.304. The van der Waals surface area contributed by atoms with Crippen LogP contribution in [0.5, 0.6) is 5.75 Å². The van der Waals surface area contributed by atoms with E-state index in [2.05, 4.69) is 11.8 Å². The summed E-state index contributed by atoms with van der Waals surface area (Å²) in [6, 6.07) is 13.8. The lowest BCUT2D eigenvalue weighted by molar-refractivity contribution is -0.114. The summed E-state index contributed by atoms with van der Waals surface area (Å²) in [5.74, 6) is 0.664. The van der Waals surface area contributed by atoms with E-state index >= 15 is 0 Å². The minimum Gasteiger partial charge on any atom is -0.494 e. The number of fused-ring (bicyclic) bond motifs is 1. The van der Waals surface area contributed by atoms with Gasteiger partial charge in [-0.3, -0.25) is 9.69 Å². The molecule has 0 unspecified atom stereocenters. The van der Waals surface area contributed by atoms with Crippen molar-refractivity contribution in [3.8, 4) is 5.75 Å². The Morgan fingerprint density at radius 1 is 1.14 bits per heavy atom. The SMILES string of the molecule is COc1ccc(C)c2sc(N(CCCN(C)C)C(=O)/C=C/c3ccccc3)nc12. The third-order valence-corrected chi connectivity index (χ3v) is 5.83. The third kappa shape index (κ3) is 5.22. The van der Waals surface area contributed by atoms with Gasteiger partial charge < -0.3 is 9.64 Å². The van der Waals surface area contributed by atoms with Gasteiger partial charge in [-0.2, -0.15) is 0 Å². The van der Waals surface area contributed by atoms with Gasteiger partial charge in [0.2, 0.25) is 0 Å². The molecule has 0 radical (unpaired) electrons. The molecule has 0 saturated carbocycles. The number of methoxy groups -OCH3 is 1. The Balaban J connectivity index is 1.92. The van der Waals surface area contributed by atoms with Gasteiger partial charge in [0.05, 0.1) is 11.8 Å². The van der Waals surface area contributed by atoms with Crippen molar-refractivity contribution in [1.29, 1.82) is 0 Å². The highest BCUT2D eigenvalue weighted by Gasteiger charge is 2.20. The van der Waals surface area contributed by atoms with Crippen LogP contribution in [0.15, 0.2) is 48.5 Å². The summed E-state index contributed by atoms with van der Waals surface area (Å²) in [7, 11) is 5.71. The normalized spacial score (nSPS) is 11.5. The predicted molar refractivity (Wildman–Crippen MR) is 122 cm³/mol. The summed E-state index contributed by atoms with van der Waals surface area (Å²) >= 11 is 1.54. The molecule has 0 N–H and O–H groups in total. The minimum atomic E-state index is -0.0664. The molecule has 0 fully saturated rings. The Morgan fingerprint density at radius 3 is 2.59 bits per heavy atom. The van der Waals surface area contributed by atoms with E-state index < -0.39 is 0 Å². The first kappa shape index (κ1) is 21.0. The molecule has 0 spiro atoms. The van der Waals surface area contributed by atoms with E-state index in [1.165, 1.54) is 11.3 Å². The first-order valence-electron chi connectivity index (χ1n) is 9.63. The van der Waals surface area contributed by atoms with Crippen LogP contribution in [-0.2, 0) is 4.79 Å². The van der Waals surface area contributed by atoms with Crippen LogP contribution >= 0.6 is 11.3 Å². The van der Waals surface area contributed by atoms with Crippen molar-refractivity contribution >= 4 is 38.7 Å². The molecule has 6 heteroatoms. The van der Waals surface area contributed by atoms with Crippen molar-refractivity contribution in [2.75, 3.05) is 39.2 Å². The van der Waals surface area contributed by atoms with Crippen molar-refractivity contribution in [1.82, 2.24) is 9.88 Å². The number of carbonyl (C=O) groups is 1. The number of carbonyl (C=O) groups excluding carboxylic acids is 1. The number of rotatable bonds is 8. The molecular weight excluding hydrogens is 382 g/mol. The predicted octanol–water partition coefficient (Wildman–Crippen LogP) is 4.61. The van der Waals surface area contributed by atoms with E-state index in [4.69, 9.17) is 9.72 Å². The second kappa shape index (κ2) is 9.67. The van der Waals surface area contributed by atoms with Crippen LogP contribution in [0.3, 0.4) is 0 Å². The van der Waals surface area contributed by atoms with E-state index in [0.717, 1.165) is 40.1 Å². The second-order valence-electron chi connectivity index (χ2n) is 7.15. The average Bonchev–Trinajstić information content (AvgIpc) is 3.16. The number of hydrogen-bond donors (Lipinski definition) is 0. The van der Waals surface area contributed by atoms with Crippen molar-refractivity contribution in [3.05, 3.63) is 59.7 Å². The van der Waals surface area contributed by atoms with E-state index in [-0.39, 0.29) is 5.91 Å². The second-order valence-corrected chi connectivity index (χ2v) is 8.13. The monoisotopic (exact) mass is 409 g/mol. The highest BCUT2D eigenvalue weighted by molar-refractivity contribution is 7.22. The molecule has 0 atom stereocenters. The maximum atomic E-state index is 13.1. The summed E-state index contributed by atoms with van der Waals surface area (Å²) in [6.07, 6.45) is 4.34. The van der Waals surface area contributed by atoms with Gasteiger partial charge in [0.1, 0.15) is 11.3 Å². The fourth-order valence-electron chi connectivity index (χ4n) is 3.05. The molecule has 3 rings (SSSR count). The topological polar surface area (TPSA) is 45.7 Å². The van der Waals surface area contributed by atoms with Gasteiger partial charge in [-0.15, -0.1) is 0 Å². The number of benzene rings is 2. The van der Waals surface area contributed by atoms with E-state index in [0.29, 0.717) is 11.7 Å². The molecule has 0 aliphatic carbocycles. The molecule has 0 bridgehead atoms. The molecule has 1 aromatic heterocycles. The van der Waals surface area contributed by atoms with Gasteiger partial charge in [-0.05, 0) is 57.3 Å². The molecular formula is C23H27N3O2S. The Morgan fingerprint density at radius 2 is 1.90 bits per heavy atom. The number of anilines is 1. The first-order valence-corrected chi connectivity index (χ1v) is 10.4. The third-order valence-electron chi connectivity index (χ3n) is 4.61. The maximum Gasteiger partial charge on any atom is 0.252 e. The van der Waals surface area contributed by atoms with Crippen molar-refractivity contribution < 1.29 is 9.53 Å². The number of hydrogen-bond acceptors (Lipinski definition) is 5. The zero-order valence-corrected chi connectivity index (χ0v) is 18.2. The number of aryl methyl sites for hydroxylation is 1. The molecule has 5 nitrogen and oxygen atoms in total.